The smallest absolute Gasteiger partial charge is 0.414 e. The Kier molecular flexibility index (Phi) is 2.31. The van der Waals surface area contributed by atoms with Gasteiger partial charge in [-0.25, -0.2) is 4.79 Å². The largest absolute Gasteiger partial charge is 0.447 e. The molecule has 0 spiro atoms. The number of ether oxygens (including phenoxy) is 1. The van der Waals surface area contributed by atoms with E-state index in [1.165, 1.54) is 5.56 Å². The molecule has 1 fully saturated rings. The van der Waals surface area contributed by atoms with Crippen molar-refractivity contribution >= 4 is 23.2 Å². The highest BCUT2D eigenvalue weighted by Gasteiger charge is 2.29. The first-order chi connectivity index (χ1) is 8.27. The number of cyclic esters (lactones) is 1. The third kappa shape index (κ3) is 1.58. The number of nitrogens with two attached hydrogens (primary N) is 1. The Balaban J connectivity index is 2.10. The molecule has 0 aliphatic carbocycles. The van der Waals surface area contributed by atoms with Crippen LogP contribution in [0.3, 0.4) is 0 Å². The quantitative estimate of drug-likeness (QED) is 0.723. The molecule has 0 atom stereocenters. The van der Waals surface area contributed by atoms with Gasteiger partial charge in [0, 0.05) is 6.54 Å². The maximum Gasteiger partial charge on any atom is 0.414 e. The molecule has 0 unspecified atom stereocenters. The Bertz CT molecular complexity index is 473. The highest BCUT2D eigenvalue weighted by atomic mass is 16.6. The Morgan fingerprint density at radius 1 is 1.41 bits per heavy atom. The predicted molar refractivity (Wildman–Crippen MR) is 66.4 cm³/mol. The number of hydrogen-bond acceptors (Lipinski definition) is 4. The van der Waals surface area contributed by atoms with Crippen molar-refractivity contribution in [3.05, 3.63) is 17.7 Å². The Labute approximate surface area is 99.5 Å². The zero-order chi connectivity index (χ0) is 11.8. The SMILES string of the molecule is Nc1ccc2c(c1N1CCOC1=O)NCCC2. The lowest BCUT2D eigenvalue weighted by Gasteiger charge is -2.26. The van der Waals surface area contributed by atoms with Crippen molar-refractivity contribution < 1.29 is 9.53 Å². The van der Waals surface area contributed by atoms with Crippen molar-refractivity contribution in [1.29, 1.82) is 0 Å². The predicted octanol–water partition coefficient (Wildman–Crippen LogP) is 1.58. The standard InChI is InChI=1S/C12H15N3O2/c13-9-4-3-8-2-1-5-14-10(8)11(9)15-6-7-17-12(15)16/h3-4,14H,1-2,5-7,13H2. The average Bonchev–Trinajstić information content (AvgIpc) is 2.75. The van der Waals surface area contributed by atoms with Gasteiger partial charge in [-0.1, -0.05) is 6.07 Å². The summed E-state index contributed by atoms with van der Waals surface area (Å²) in [6.45, 7) is 1.93. The van der Waals surface area contributed by atoms with Gasteiger partial charge < -0.3 is 15.8 Å². The first-order valence-electron chi connectivity index (χ1n) is 5.87. The van der Waals surface area contributed by atoms with Crippen LogP contribution in [0.25, 0.3) is 0 Å². The molecule has 1 amide bonds. The second kappa shape index (κ2) is 3.84. The minimum absolute atomic E-state index is 0.308. The molecule has 5 heteroatoms. The minimum Gasteiger partial charge on any atom is -0.447 e. The number of amides is 1. The maximum absolute atomic E-state index is 11.6. The van der Waals surface area contributed by atoms with E-state index in [1.54, 1.807) is 4.90 Å². The summed E-state index contributed by atoms with van der Waals surface area (Å²) in [5.41, 5.74) is 9.62. The van der Waals surface area contributed by atoms with Gasteiger partial charge in [-0.2, -0.15) is 0 Å². The second-order valence-corrected chi connectivity index (χ2v) is 4.33. The molecular formula is C12H15N3O2. The molecule has 17 heavy (non-hydrogen) atoms. The van der Waals surface area contributed by atoms with Crippen LogP contribution < -0.4 is 16.0 Å². The molecule has 90 valence electrons. The number of hydrogen-bond donors (Lipinski definition) is 2. The van der Waals surface area contributed by atoms with Crippen LogP contribution in [0.5, 0.6) is 0 Å². The van der Waals surface area contributed by atoms with E-state index in [9.17, 15) is 4.79 Å². The van der Waals surface area contributed by atoms with Gasteiger partial charge in [-0.05, 0) is 24.5 Å². The molecule has 3 N–H and O–H groups in total. The molecule has 2 aliphatic heterocycles. The normalized spacial score (nSPS) is 18.6. The topological polar surface area (TPSA) is 67.6 Å². The number of nitrogen functional groups attached to an aromatic ring is 1. The highest BCUT2D eigenvalue weighted by Crippen LogP contribution is 2.38. The number of nitrogens with zero attached hydrogens (tertiary/aromatic N) is 1. The molecule has 1 saturated heterocycles. The summed E-state index contributed by atoms with van der Waals surface area (Å²) in [4.78, 5) is 13.3. The minimum atomic E-state index is -0.308. The number of rotatable bonds is 1. The van der Waals surface area contributed by atoms with Gasteiger partial charge in [0.1, 0.15) is 6.61 Å². The van der Waals surface area contributed by atoms with Crippen LogP contribution in [-0.2, 0) is 11.2 Å². The van der Waals surface area contributed by atoms with Gasteiger partial charge >= 0.3 is 6.09 Å². The zero-order valence-corrected chi connectivity index (χ0v) is 9.53. The van der Waals surface area contributed by atoms with Crippen molar-refractivity contribution in [2.45, 2.75) is 12.8 Å². The first kappa shape index (κ1) is 10.3. The molecule has 5 nitrogen and oxygen atoms in total. The fourth-order valence-electron chi connectivity index (χ4n) is 2.43. The van der Waals surface area contributed by atoms with Crippen molar-refractivity contribution in [2.75, 3.05) is 35.6 Å². The van der Waals surface area contributed by atoms with E-state index in [0.717, 1.165) is 30.8 Å². The van der Waals surface area contributed by atoms with E-state index in [0.29, 0.717) is 18.8 Å². The summed E-state index contributed by atoms with van der Waals surface area (Å²) in [5.74, 6) is 0. The molecule has 1 aromatic rings. The lowest BCUT2D eigenvalue weighted by molar-refractivity contribution is 0.181. The van der Waals surface area contributed by atoms with Crippen LogP contribution in [-0.4, -0.2) is 25.8 Å². The first-order valence-corrected chi connectivity index (χ1v) is 5.87. The fraction of sp³-hybridized carbons (Fsp3) is 0.417. The summed E-state index contributed by atoms with van der Waals surface area (Å²) in [7, 11) is 0. The number of anilines is 3. The van der Waals surface area contributed by atoms with Gasteiger partial charge in [0.05, 0.1) is 23.6 Å². The van der Waals surface area contributed by atoms with E-state index >= 15 is 0 Å². The summed E-state index contributed by atoms with van der Waals surface area (Å²) in [6, 6.07) is 3.90. The second-order valence-electron chi connectivity index (χ2n) is 4.33. The number of nitrogens with one attached hydrogen (secondary N) is 1. The zero-order valence-electron chi connectivity index (χ0n) is 9.53. The van der Waals surface area contributed by atoms with Crippen molar-refractivity contribution in [1.82, 2.24) is 0 Å². The van der Waals surface area contributed by atoms with Crippen molar-refractivity contribution in [3.63, 3.8) is 0 Å². The van der Waals surface area contributed by atoms with Crippen LogP contribution in [0.2, 0.25) is 0 Å². The average molecular weight is 233 g/mol. The van der Waals surface area contributed by atoms with Gasteiger partial charge in [0.25, 0.3) is 0 Å². The van der Waals surface area contributed by atoms with Gasteiger partial charge in [-0.3, -0.25) is 4.90 Å². The molecule has 2 aliphatic rings. The molecule has 0 bridgehead atoms. The van der Waals surface area contributed by atoms with Crippen LogP contribution in [0.1, 0.15) is 12.0 Å². The lowest BCUT2D eigenvalue weighted by Crippen LogP contribution is -2.27. The third-order valence-corrected chi connectivity index (χ3v) is 3.25. The van der Waals surface area contributed by atoms with Crippen LogP contribution in [0, 0.1) is 0 Å². The van der Waals surface area contributed by atoms with Crippen molar-refractivity contribution in [2.24, 2.45) is 0 Å². The molecular weight excluding hydrogens is 218 g/mol. The number of aryl methyl sites for hydroxylation is 1. The molecule has 0 aromatic heterocycles. The van der Waals surface area contributed by atoms with Crippen LogP contribution >= 0.6 is 0 Å². The van der Waals surface area contributed by atoms with Crippen LogP contribution in [0.15, 0.2) is 12.1 Å². The number of carbonyl (C=O) groups excluding carboxylic acids is 1. The molecule has 1 aromatic carbocycles. The van der Waals surface area contributed by atoms with Gasteiger partial charge in [-0.15, -0.1) is 0 Å². The van der Waals surface area contributed by atoms with E-state index in [1.807, 2.05) is 12.1 Å². The monoisotopic (exact) mass is 233 g/mol. The summed E-state index contributed by atoms with van der Waals surface area (Å²) in [5, 5.41) is 3.34. The Hall–Kier alpha value is -1.91. The number of benzene rings is 1. The van der Waals surface area contributed by atoms with Gasteiger partial charge in [0.15, 0.2) is 0 Å². The fourth-order valence-corrected chi connectivity index (χ4v) is 2.43. The lowest BCUT2D eigenvalue weighted by atomic mass is 10.0. The van der Waals surface area contributed by atoms with E-state index < -0.39 is 0 Å². The maximum atomic E-state index is 11.6. The number of carbonyl (C=O) groups is 1. The Morgan fingerprint density at radius 2 is 2.29 bits per heavy atom. The van der Waals surface area contributed by atoms with E-state index in [2.05, 4.69) is 5.32 Å². The van der Waals surface area contributed by atoms with Crippen molar-refractivity contribution in [3.8, 4) is 0 Å². The molecule has 0 saturated carbocycles. The molecule has 3 rings (SSSR count). The highest BCUT2D eigenvalue weighted by molar-refractivity contribution is 5.99. The molecule has 2 heterocycles. The summed E-state index contributed by atoms with van der Waals surface area (Å²) in [6.07, 6.45) is 1.83. The van der Waals surface area contributed by atoms with E-state index in [4.69, 9.17) is 10.5 Å². The van der Waals surface area contributed by atoms with Gasteiger partial charge in [0.2, 0.25) is 0 Å². The van der Waals surface area contributed by atoms with E-state index in [-0.39, 0.29) is 6.09 Å². The summed E-state index contributed by atoms with van der Waals surface area (Å²) >= 11 is 0. The number of fused-ring (bicyclic) bond motifs is 1. The summed E-state index contributed by atoms with van der Waals surface area (Å²) < 4.78 is 4.97. The third-order valence-electron chi connectivity index (χ3n) is 3.25. The molecule has 0 radical (unpaired) electrons. The van der Waals surface area contributed by atoms with Crippen LogP contribution in [0.4, 0.5) is 21.9 Å². The Morgan fingerprint density at radius 3 is 3.06 bits per heavy atom.